The molecule has 2 rings (SSSR count). The molecule has 1 amide bonds. The predicted octanol–water partition coefficient (Wildman–Crippen LogP) is 3.27. The van der Waals surface area contributed by atoms with Gasteiger partial charge in [-0.2, -0.15) is 0 Å². The minimum atomic E-state index is -0.678. The van der Waals surface area contributed by atoms with Crippen LogP contribution in [0.5, 0.6) is 0 Å². The number of rotatable bonds is 2. The van der Waals surface area contributed by atoms with Crippen LogP contribution >= 0.6 is 15.9 Å². The van der Waals surface area contributed by atoms with Crippen molar-refractivity contribution in [3.05, 3.63) is 51.6 Å². The third-order valence-corrected chi connectivity index (χ3v) is 3.25. The van der Waals surface area contributed by atoms with Gasteiger partial charge in [-0.25, -0.2) is 13.8 Å². The number of nitrogen functional groups attached to an aromatic ring is 1. The second kappa shape index (κ2) is 5.54. The Bertz CT molecular complexity index is 692. The molecule has 0 aliphatic rings. The van der Waals surface area contributed by atoms with Crippen LogP contribution in [0.25, 0.3) is 0 Å². The van der Waals surface area contributed by atoms with Gasteiger partial charge in [0.15, 0.2) is 0 Å². The maximum Gasteiger partial charge on any atom is 0.259 e. The van der Waals surface area contributed by atoms with Crippen molar-refractivity contribution < 1.29 is 13.6 Å². The Labute approximate surface area is 122 Å². The molecule has 7 heteroatoms. The topological polar surface area (TPSA) is 68.0 Å². The summed E-state index contributed by atoms with van der Waals surface area (Å²) in [6, 6.07) is 3.67. The number of carbonyl (C=O) groups excluding carboxylic acids is 1. The summed E-state index contributed by atoms with van der Waals surface area (Å²) in [5, 5.41) is 2.48. The third-order valence-electron chi connectivity index (χ3n) is 2.65. The van der Waals surface area contributed by atoms with Crippen molar-refractivity contribution in [3.8, 4) is 0 Å². The molecule has 0 saturated carbocycles. The SMILES string of the molecule is Cc1cc(Br)c(F)cc1NC(=O)c1cc(F)cnc1N. The molecule has 0 saturated heterocycles. The average Bonchev–Trinajstić information content (AvgIpc) is 2.38. The molecule has 0 aliphatic carbocycles. The van der Waals surface area contributed by atoms with E-state index in [-0.39, 0.29) is 17.1 Å². The van der Waals surface area contributed by atoms with Crippen molar-refractivity contribution in [2.45, 2.75) is 6.92 Å². The van der Waals surface area contributed by atoms with E-state index in [0.29, 0.717) is 10.0 Å². The Morgan fingerprint density at radius 1 is 1.35 bits per heavy atom. The Morgan fingerprint density at radius 3 is 2.75 bits per heavy atom. The monoisotopic (exact) mass is 341 g/mol. The first kappa shape index (κ1) is 14.4. The number of nitrogens with zero attached hydrogens (tertiary/aromatic N) is 1. The molecule has 0 bridgehead atoms. The number of anilines is 2. The van der Waals surface area contributed by atoms with Crippen LogP contribution in [0.2, 0.25) is 0 Å². The highest BCUT2D eigenvalue weighted by atomic mass is 79.9. The largest absolute Gasteiger partial charge is 0.383 e. The summed E-state index contributed by atoms with van der Waals surface area (Å²) >= 11 is 3.05. The zero-order valence-electron chi connectivity index (χ0n) is 10.4. The molecule has 0 atom stereocenters. The standard InChI is InChI=1S/C13H10BrF2N3O/c1-6-2-9(14)10(16)4-11(6)19-13(20)8-3-7(15)5-18-12(8)17/h2-5H,1H3,(H2,17,18)(H,19,20). The molecule has 0 aliphatic heterocycles. The lowest BCUT2D eigenvalue weighted by atomic mass is 10.1. The molecule has 0 spiro atoms. The maximum atomic E-state index is 13.5. The van der Waals surface area contributed by atoms with Gasteiger partial charge in [0.2, 0.25) is 0 Å². The van der Waals surface area contributed by atoms with Gasteiger partial charge in [-0.3, -0.25) is 4.79 Å². The van der Waals surface area contributed by atoms with Gasteiger partial charge in [0.1, 0.15) is 17.5 Å². The van der Waals surface area contributed by atoms with Crippen molar-refractivity contribution in [3.63, 3.8) is 0 Å². The van der Waals surface area contributed by atoms with E-state index in [0.717, 1.165) is 12.3 Å². The van der Waals surface area contributed by atoms with E-state index in [1.54, 1.807) is 6.92 Å². The van der Waals surface area contributed by atoms with E-state index in [1.807, 2.05) is 0 Å². The van der Waals surface area contributed by atoms with Crippen LogP contribution in [0.4, 0.5) is 20.3 Å². The van der Waals surface area contributed by atoms with Crippen LogP contribution < -0.4 is 11.1 Å². The molecule has 20 heavy (non-hydrogen) atoms. The average molecular weight is 342 g/mol. The lowest BCUT2D eigenvalue weighted by Crippen LogP contribution is -2.16. The molecule has 4 nitrogen and oxygen atoms in total. The Balaban J connectivity index is 2.32. The van der Waals surface area contributed by atoms with Crippen LogP contribution in [-0.4, -0.2) is 10.9 Å². The first-order valence-corrected chi connectivity index (χ1v) is 6.36. The highest BCUT2D eigenvalue weighted by Gasteiger charge is 2.14. The van der Waals surface area contributed by atoms with Crippen LogP contribution in [0.3, 0.4) is 0 Å². The van der Waals surface area contributed by atoms with Gasteiger partial charge in [-0.1, -0.05) is 0 Å². The zero-order valence-corrected chi connectivity index (χ0v) is 12.0. The molecule has 1 heterocycles. The molecule has 2 aromatic rings. The zero-order chi connectivity index (χ0) is 14.9. The Morgan fingerprint density at radius 2 is 2.05 bits per heavy atom. The number of benzene rings is 1. The summed E-state index contributed by atoms with van der Waals surface area (Å²) in [6.07, 6.45) is 0.913. The smallest absolute Gasteiger partial charge is 0.259 e. The second-order valence-electron chi connectivity index (χ2n) is 4.12. The number of carbonyl (C=O) groups is 1. The van der Waals surface area contributed by atoms with Gasteiger partial charge in [-0.15, -0.1) is 0 Å². The molecule has 104 valence electrons. The van der Waals surface area contributed by atoms with Crippen molar-refractivity contribution in [1.29, 1.82) is 0 Å². The van der Waals surface area contributed by atoms with Crippen molar-refractivity contribution in [2.75, 3.05) is 11.1 Å². The van der Waals surface area contributed by atoms with Crippen LogP contribution in [-0.2, 0) is 0 Å². The Kier molecular flexibility index (Phi) is 3.99. The molecule has 0 fully saturated rings. The first-order chi connectivity index (χ1) is 9.38. The van der Waals surface area contributed by atoms with E-state index < -0.39 is 17.5 Å². The fourth-order valence-corrected chi connectivity index (χ4v) is 2.06. The van der Waals surface area contributed by atoms with Crippen LogP contribution in [0, 0.1) is 18.6 Å². The molecule has 0 radical (unpaired) electrons. The van der Waals surface area contributed by atoms with E-state index in [4.69, 9.17) is 5.73 Å². The summed E-state index contributed by atoms with van der Waals surface area (Å²) in [5.74, 6) is -1.95. The quantitative estimate of drug-likeness (QED) is 0.880. The third kappa shape index (κ3) is 2.93. The van der Waals surface area contributed by atoms with Crippen LogP contribution in [0.1, 0.15) is 15.9 Å². The van der Waals surface area contributed by atoms with Crippen molar-refractivity contribution in [2.24, 2.45) is 0 Å². The minimum absolute atomic E-state index is 0.0980. The number of nitrogens with two attached hydrogens (primary N) is 1. The first-order valence-electron chi connectivity index (χ1n) is 5.56. The summed E-state index contributed by atoms with van der Waals surface area (Å²) in [6.45, 7) is 1.70. The van der Waals surface area contributed by atoms with Crippen LogP contribution in [0.15, 0.2) is 28.9 Å². The van der Waals surface area contributed by atoms with E-state index in [1.165, 1.54) is 12.1 Å². The van der Waals surface area contributed by atoms with Gasteiger partial charge in [0.25, 0.3) is 5.91 Å². The van der Waals surface area contributed by atoms with E-state index in [9.17, 15) is 13.6 Å². The number of nitrogens with one attached hydrogen (secondary N) is 1. The van der Waals surface area contributed by atoms with Gasteiger partial charge in [0.05, 0.1) is 16.2 Å². The number of aromatic nitrogens is 1. The maximum absolute atomic E-state index is 13.5. The van der Waals surface area contributed by atoms with E-state index >= 15 is 0 Å². The van der Waals surface area contributed by atoms with Crippen molar-refractivity contribution >= 4 is 33.3 Å². The summed E-state index contributed by atoms with van der Waals surface area (Å²) in [4.78, 5) is 15.6. The number of hydrogen-bond acceptors (Lipinski definition) is 3. The predicted molar refractivity (Wildman–Crippen MR) is 75.4 cm³/mol. The fourth-order valence-electron chi connectivity index (χ4n) is 1.60. The highest BCUT2D eigenvalue weighted by Crippen LogP contribution is 2.24. The molecule has 0 unspecified atom stereocenters. The number of amides is 1. The fraction of sp³-hybridized carbons (Fsp3) is 0.0769. The highest BCUT2D eigenvalue weighted by molar-refractivity contribution is 9.10. The number of pyridine rings is 1. The molecule has 1 aromatic heterocycles. The normalized spacial score (nSPS) is 10.4. The summed E-state index contributed by atoms with van der Waals surface area (Å²) < 4.78 is 26.8. The van der Waals surface area contributed by atoms with Gasteiger partial charge in [-0.05, 0) is 46.6 Å². The summed E-state index contributed by atoms with van der Waals surface area (Å²) in [5.41, 5.74) is 6.34. The van der Waals surface area contributed by atoms with Gasteiger partial charge < -0.3 is 11.1 Å². The van der Waals surface area contributed by atoms with E-state index in [2.05, 4.69) is 26.2 Å². The minimum Gasteiger partial charge on any atom is -0.383 e. The lowest BCUT2D eigenvalue weighted by molar-refractivity contribution is 0.102. The summed E-state index contributed by atoms with van der Waals surface area (Å²) in [7, 11) is 0. The lowest BCUT2D eigenvalue weighted by Gasteiger charge is -2.10. The number of hydrogen-bond donors (Lipinski definition) is 2. The molecular formula is C13H10BrF2N3O. The van der Waals surface area contributed by atoms with Gasteiger partial charge >= 0.3 is 0 Å². The number of aryl methyl sites for hydroxylation is 1. The van der Waals surface area contributed by atoms with Crippen molar-refractivity contribution in [1.82, 2.24) is 4.98 Å². The molecule has 3 N–H and O–H groups in total. The molecular weight excluding hydrogens is 332 g/mol. The number of halogens is 3. The molecule has 1 aromatic carbocycles. The Hall–Kier alpha value is -2.02. The second-order valence-corrected chi connectivity index (χ2v) is 4.98. The van der Waals surface area contributed by atoms with Gasteiger partial charge in [0, 0.05) is 5.69 Å².